The number of amides is 2. The summed E-state index contributed by atoms with van der Waals surface area (Å²) in [6.07, 6.45) is 0.840. The van der Waals surface area contributed by atoms with E-state index in [-0.39, 0.29) is 30.8 Å². The van der Waals surface area contributed by atoms with Crippen LogP contribution in [0.2, 0.25) is 0 Å². The van der Waals surface area contributed by atoms with Crippen LogP contribution in [0.4, 0.5) is 4.39 Å². The molecule has 1 aliphatic rings. The van der Waals surface area contributed by atoms with Crippen molar-refractivity contribution in [3.63, 3.8) is 0 Å². The van der Waals surface area contributed by atoms with Gasteiger partial charge in [0, 0.05) is 33.0 Å². The van der Waals surface area contributed by atoms with Crippen LogP contribution in [0.1, 0.15) is 24.5 Å². The maximum Gasteiger partial charge on any atom is 0.231 e. The van der Waals surface area contributed by atoms with Crippen molar-refractivity contribution in [1.29, 1.82) is 0 Å². The Morgan fingerprint density at radius 1 is 1.07 bits per heavy atom. The molecule has 3 rings (SSSR count). The van der Waals surface area contributed by atoms with Crippen LogP contribution in [-0.2, 0) is 22.6 Å². The van der Waals surface area contributed by atoms with Crippen molar-refractivity contribution < 1.29 is 23.5 Å². The van der Waals surface area contributed by atoms with Gasteiger partial charge in [-0.15, -0.1) is 0 Å². The zero-order valence-corrected chi connectivity index (χ0v) is 15.7. The summed E-state index contributed by atoms with van der Waals surface area (Å²) in [6, 6.07) is 11.7. The molecule has 0 aromatic heterocycles. The number of halogens is 1. The number of hydrogen-bond donors (Lipinski definition) is 1. The fourth-order valence-corrected chi connectivity index (χ4v) is 2.93. The average Bonchev–Trinajstić information content (AvgIpc) is 3.14. The molecule has 2 amide bonds. The number of carbonyl (C=O) groups is 2. The number of rotatable bonds is 8. The zero-order valence-electron chi connectivity index (χ0n) is 15.7. The Balaban J connectivity index is 1.44. The van der Waals surface area contributed by atoms with E-state index in [1.54, 1.807) is 17.0 Å². The minimum absolute atomic E-state index is 0.100. The molecule has 0 radical (unpaired) electrons. The Morgan fingerprint density at radius 3 is 2.54 bits per heavy atom. The Hall–Kier alpha value is -3.09. The molecule has 0 atom stereocenters. The monoisotopic (exact) mass is 386 g/mol. The first kappa shape index (κ1) is 19.7. The van der Waals surface area contributed by atoms with Crippen molar-refractivity contribution in [2.75, 3.05) is 19.9 Å². The molecule has 1 aliphatic heterocycles. The summed E-state index contributed by atoms with van der Waals surface area (Å²) >= 11 is 0. The lowest BCUT2D eigenvalue weighted by Gasteiger charge is -2.21. The van der Waals surface area contributed by atoms with Gasteiger partial charge in [0.05, 0.1) is 0 Å². The maximum absolute atomic E-state index is 12.9. The van der Waals surface area contributed by atoms with E-state index < -0.39 is 0 Å². The number of carbonyl (C=O) groups excluding carboxylic acids is 2. The van der Waals surface area contributed by atoms with Crippen LogP contribution < -0.4 is 14.8 Å². The van der Waals surface area contributed by atoms with Gasteiger partial charge >= 0.3 is 0 Å². The second-order valence-corrected chi connectivity index (χ2v) is 6.60. The van der Waals surface area contributed by atoms with Crippen LogP contribution >= 0.6 is 0 Å². The molecule has 0 aliphatic carbocycles. The quantitative estimate of drug-likeness (QED) is 0.757. The highest BCUT2D eigenvalue weighted by Crippen LogP contribution is 2.32. The first-order chi connectivity index (χ1) is 13.5. The van der Waals surface area contributed by atoms with Crippen LogP contribution in [0.25, 0.3) is 0 Å². The van der Waals surface area contributed by atoms with Gasteiger partial charge in [-0.1, -0.05) is 18.2 Å². The number of nitrogens with one attached hydrogen (secondary N) is 1. The van der Waals surface area contributed by atoms with Crippen molar-refractivity contribution in [2.45, 2.75) is 26.3 Å². The summed E-state index contributed by atoms with van der Waals surface area (Å²) in [5.41, 5.74) is 1.87. The van der Waals surface area contributed by atoms with Crippen molar-refractivity contribution in [1.82, 2.24) is 10.2 Å². The first-order valence-corrected chi connectivity index (χ1v) is 9.16. The van der Waals surface area contributed by atoms with Crippen molar-refractivity contribution in [2.24, 2.45) is 0 Å². The molecule has 0 saturated carbocycles. The van der Waals surface area contributed by atoms with E-state index in [4.69, 9.17) is 9.47 Å². The molecule has 7 heteroatoms. The lowest BCUT2D eigenvalue weighted by molar-refractivity contribution is -0.130. The van der Waals surface area contributed by atoms with Crippen LogP contribution in [-0.4, -0.2) is 36.6 Å². The van der Waals surface area contributed by atoms with Gasteiger partial charge in [0.25, 0.3) is 0 Å². The normalized spacial score (nSPS) is 11.9. The number of hydrogen-bond acceptors (Lipinski definition) is 4. The summed E-state index contributed by atoms with van der Waals surface area (Å²) < 4.78 is 23.5. The van der Waals surface area contributed by atoms with Gasteiger partial charge < -0.3 is 19.7 Å². The fourth-order valence-electron chi connectivity index (χ4n) is 2.93. The van der Waals surface area contributed by atoms with Crippen LogP contribution in [0.15, 0.2) is 42.5 Å². The van der Waals surface area contributed by atoms with Crippen molar-refractivity contribution in [3.05, 3.63) is 59.4 Å². The Kier molecular flexibility index (Phi) is 6.47. The van der Waals surface area contributed by atoms with Gasteiger partial charge in [-0.25, -0.2) is 4.39 Å². The van der Waals surface area contributed by atoms with Gasteiger partial charge in [-0.2, -0.15) is 0 Å². The Morgan fingerprint density at radius 2 is 1.79 bits per heavy atom. The molecular formula is C21H23FN2O4. The molecular weight excluding hydrogens is 363 g/mol. The largest absolute Gasteiger partial charge is 0.454 e. The fraction of sp³-hybridized carbons (Fsp3) is 0.333. The smallest absolute Gasteiger partial charge is 0.231 e. The predicted octanol–water partition coefficient (Wildman–Crippen LogP) is 2.65. The predicted molar refractivity (Wildman–Crippen MR) is 101 cm³/mol. The van der Waals surface area contributed by atoms with Crippen molar-refractivity contribution in [3.8, 4) is 11.5 Å². The third-order valence-corrected chi connectivity index (χ3v) is 4.51. The Bertz CT molecular complexity index is 839. The van der Waals surface area contributed by atoms with E-state index in [2.05, 4.69) is 5.32 Å². The molecule has 6 nitrogen and oxygen atoms in total. The highest BCUT2D eigenvalue weighted by atomic mass is 19.1. The van der Waals surface area contributed by atoms with Crippen LogP contribution in [0.3, 0.4) is 0 Å². The first-order valence-electron chi connectivity index (χ1n) is 9.16. The van der Waals surface area contributed by atoms with E-state index in [1.165, 1.54) is 19.1 Å². The van der Waals surface area contributed by atoms with Crippen molar-refractivity contribution >= 4 is 11.8 Å². The van der Waals surface area contributed by atoms with E-state index in [0.717, 1.165) is 11.1 Å². The third kappa shape index (κ3) is 5.45. The molecule has 0 bridgehead atoms. The van der Waals surface area contributed by atoms with Gasteiger partial charge in [0.15, 0.2) is 11.5 Å². The minimum Gasteiger partial charge on any atom is -0.454 e. The highest BCUT2D eigenvalue weighted by molar-refractivity contribution is 5.78. The minimum atomic E-state index is -0.278. The summed E-state index contributed by atoms with van der Waals surface area (Å²) in [5.74, 6) is 0.855. The molecule has 148 valence electrons. The molecule has 1 N–H and O–H groups in total. The molecule has 2 aromatic carbocycles. The third-order valence-electron chi connectivity index (χ3n) is 4.51. The van der Waals surface area contributed by atoms with E-state index >= 15 is 0 Å². The Labute approximate surface area is 163 Å². The van der Waals surface area contributed by atoms with E-state index in [0.29, 0.717) is 37.6 Å². The lowest BCUT2D eigenvalue weighted by atomic mass is 10.1. The molecule has 0 unspecified atom stereocenters. The molecule has 1 heterocycles. The average molecular weight is 386 g/mol. The molecule has 0 saturated heterocycles. The number of fused-ring (bicyclic) bond motifs is 1. The standard InChI is InChI=1S/C21H23FN2O4/c1-15(25)24(13-17-4-7-19-20(12-17)28-14-27-19)11-9-21(26)23-10-8-16-2-5-18(22)6-3-16/h2-7,12H,8-11,13-14H2,1H3,(H,23,26). The van der Waals surface area contributed by atoms with Gasteiger partial charge in [-0.3, -0.25) is 9.59 Å². The van der Waals surface area contributed by atoms with Gasteiger partial charge in [0.1, 0.15) is 5.82 Å². The number of ether oxygens (including phenoxy) is 2. The van der Waals surface area contributed by atoms with Crippen LogP contribution in [0.5, 0.6) is 11.5 Å². The van der Waals surface area contributed by atoms with E-state index in [9.17, 15) is 14.0 Å². The maximum atomic E-state index is 12.9. The number of nitrogens with zero attached hydrogens (tertiary/aromatic N) is 1. The zero-order chi connectivity index (χ0) is 19.9. The number of benzene rings is 2. The molecule has 28 heavy (non-hydrogen) atoms. The molecule has 0 fully saturated rings. The molecule has 0 spiro atoms. The second-order valence-electron chi connectivity index (χ2n) is 6.60. The lowest BCUT2D eigenvalue weighted by Crippen LogP contribution is -2.34. The summed E-state index contributed by atoms with van der Waals surface area (Å²) in [4.78, 5) is 25.6. The van der Waals surface area contributed by atoms with E-state index in [1.807, 2.05) is 18.2 Å². The summed E-state index contributed by atoms with van der Waals surface area (Å²) in [6.45, 7) is 2.88. The second kappa shape index (κ2) is 9.21. The van der Waals surface area contributed by atoms with Gasteiger partial charge in [-0.05, 0) is 41.8 Å². The van der Waals surface area contributed by atoms with Gasteiger partial charge in [0.2, 0.25) is 18.6 Å². The highest BCUT2D eigenvalue weighted by Gasteiger charge is 2.16. The molecule has 2 aromatic rings. The SMILES string of the molecule is CC(=O)N(CCC(=O)NCCc1ccc(F)cc1)Cc1ccc2c(c1)OCO2. The summed E-state index contributed by atoms with van der Waals surface area (Å²) in [5, 5.41) is 2.83. The van der Waals surface area contributed by atoms with Crippen LogP contribution in [0, 0.1) is 5.82 Å². The summed E-state index contributed by atoms with van der Waals surface area (Å²) in [7, 11) is 0. The topological polar surface area (TPSA) is 67.9 Å².